The lowest BCUT2D eigenvalue weighted by atomic mass is 9.70. The quantitative estimate of drug-likeness (QED) is 0.206. The van der Waals surface area contributed by atoms with Crippen LogP contribution in [0.2, 0.25) is 0 Å². The van der Waals surface area contributed by atoms with E-state index in [0.717, 1.165) is 22.4 Å². The molecule has 0 fully saturated rings. The number of halogens is 1. The molecule has 2 aliphatic heterocycles. The Morgan fingerprint density at radius 1 is 0.511 bits per heavy atom. The number of hydrogen-bond donors (Lipinski definition) is 3. The predicted molar refractivity (Wildman–Crippen MR) is 175 cm³/mol. The van der Waals surface area contributed by atoms with Crippen LogP contribution in [0.15, 0.2) is 127 Å². The highest BCUT2D eigenvalue weighted by molar-refractivity contribution is 6.52. The maximum absolute atomic E-state index is 13.5. The summed E-state index contributed by atoms with van der Waals surface area (Å²) in [6.45, 7) is 0. The normalized spacial score (nSPS) is 13.9. The molecule has 0 atom stereocenters. The first-order chi connectivity index (χ1) is 21.2. The van der Waals surface area contributed by atoms with Crippen molar-refractivity contribution in [1.82, 2.24) is 0 Å². The number of phenols is 3. The SMILES string of the molecule is CN1C(=O)C(=O)c2ccccc21.CN1C(=O)C(c2ccc(O)cc2)(c2ccc(O)cc2)c2ccccc21.Cl.Oc1ccccc1. The minimum atomic E-state index is -1.01. The van der Waals surface area contributed by atoms with Crippen molar-refractivity contribution in [3.05, 3.63) is 150 Å². The first-order valence-corrected chi connectivity index (χ1v) is 13.8. The number of aromatic hydroxyl groups is 3. The van der Waals surface area contributed by atoms with Crippen molar-refractivity contribution in [2.75, 3.05) is 23.9 Å². The first-order valence-electron chi connectivity index (χ1n) is 13.8. The van der Waals surface area contributed by atoms with Crippen molar-refractivity contribution in [2.45, 2.75) is 5.41 Å². The van der Waals surface area contributed by atoms with Crippen LogP contribution in [0.1, 0.15) is 27.0 Å². The monoisotopic (exact) mass is 622 g/mol. The number of fused-ring (bicyclic) bond motifs is 2. The Hall–Kier alpha value is -5.60. The number of benzene rings is 5. The van der Waals surface area contributed by atoms with Gasteiger partial charge in [-0.1, -0.05) is 72.8 Å². The average molecular weight is 623 g/mol. The zero-order valence-electron chi connectivity index (χ0n) is 24.5. The van der Waals surface area contributed by atoms with E-state index < -0.39 is 17.1 Å². The van der Waals surface area contributed by atoms with Crippen molar-refractivity contribution >= 4 is 41.4 Å². The fraction of sp³-hybridized carbons (Fsp3) is 0.0833. The van der Waals surface area contributed by atoms with Gasteiger partial charge < -0.3 is 25.1 Å². The van der Waals surface area contributed by atoms with Gasteiger partial charge >= 0.3 is 0 Å². The van der Waals surface area contributed by atoms with Crippen LogP contribution in [0, 0.1) is 0 Å². The van der Waals surface area contributed by atoms with E-state index >= 15 is 0 Å². The Morgan fingerprint density at radius 3 is 1.44 bits per heavy atom. The van der Waals surface area contributed by atoms with Crippen LogP contribution in [-0.4, -0.2) is 47.0 Å². The number of carbonyl (C=O) groups is 3. The van der Waals surface area contributed by atoms with E-state index in [9.17, 15) is 24.6 Å². The molecule has 0 bridgehead atoms. The maximum Gasteiger partial charge on any atom is 0.299 e. The van der Waals surface area contributed by atoms with Gasteiger partial charge in [-0.25, -0.2) is 0 Å². The molecule has 0 saturated heterocycles. The molecular formula is C36H31ClN2O6. The zero-order chi connectivity index (χ0) is 31.4. The summed E-state index contributed by atoms with van der Waals surface area (Å²) >= 11 is 0. The Kier molecular flexibility index (Phi) is 9.60. The number of Topliss-reactive ketones (excluding diaryl/α,β-unsaturated/α-hetero) is 1. The molecule has 8 nitrogen and oxygen atoms in total. The third-order valence-corrected chi connectivity index (χ3v) is 7.66. The second kappa shape index (κ2) is 13.4. The number of hydrogen-bond acceptors (Lipinski definition) is 6. The van der Waals surface area contributed by atoms with Gasteiger partial charge in [-0.05, 0) is 65.7 Å². The maximum atomic E-state index is 13.5. The highest BCUT2D eigenvalue weighted by Crippen LogP contribution is 2.50. The molecule has 45 heavy (non-hydrogen) atoms. The molecular weight excluding hydrogens is 592 g/mol. The van der Waals surface area contributed by atoms with E-state index in [2.05, 4.69) is 0 Å². The molecule has 5 aromatic rings. The first kappa shape index (κ1) is 32.3. The van der Waals surface area contributed by atoms with Gasteiger partial charge in [0, 0.05) is 25.3 Å². The van der Waals surface area contributed by atoms with Crippen LogP contribution >= 0.6 is 12.4 Å². The Balaban J connectivity index is 0.000000190. The van der Waals surface area contributed by atoms with E-state index in [1.54, 1.807) is 116 Å². The number of ketones is 1. The summed E-state index contributed by atoms with van der Waals surface area (Å²) in [4.78, 5) is 38.8. The van der Waals surface area contributed by atoms with Crippen molar-refractivity contribution in [2.24, 2.45) is 0 Å². The van der Waals surface area contributed by atoms with Crippen LogP contribution in [0.4, 0.5) is 11.4 Å². The fourth-order valence-corrected chi connectivity index (χ4v) is 5.47. The predicted octanol–water partition coefficient (Wildman–Crippen LogP) is 6.07. The van der Waals surface area contributed by atoms with E-state index in [4.69, 9.17) is 5.11 Å². The van der Waals surface area contributed by atoms with E-state index in [1.807, 2.05) is 30.3 Å². The standard InChI is InChI=1S/C21H17NO3.C9H7NO2.C6H6O.ClH/c1-22-19-5-3-2-4-18(19)21(20(22)25,14-6-10-16(23)11-7-14)15-8-12-17(24)13-9-15;1-10-7-5-3-2-4-6(7)8(11)9(10)12;7-6-4-2-1-3-5-6;/h2-13,23-24H,1H3;2-5H,1H3;1-5,7H;1H. The summed E-state index contributed by atoms with van der Waals surface area (Å²) in [7, 11) is 3.37. The second-order valence-electron chi connectivity index (χ2n) is 10.3. The Morgan fingerprint density at radius 2 is 0.956 bits per heavy atom. The van der Waals surface area contributed by atoms with Gasteiger partial charge in [-0.2, -0.15) is 0 Å². The summed E-state index contributed by atoms with van der Waals surface area (Å²) in [5.41, 5.74) is 3.49. The van der Waals surface area contributed by atoms with Gasteiger partial charge in [0.2, 0.25) is 5.91 Å². The molecule has 0 aliphatic carbocycles. The number of carbonyl (C=O) groups excluding carboxylic acids is 3. The summed E-state index contributed by atoms with van der Waals surface area (Å²) < 4.78 is 0. The average Bonchev–Trinajstić information content (AvgIpc) is 3.41. The highest BCUT2D eigenvalue weighted by atomic mass is 35.5. The van der Waals surface area contributed by atoms with Crippen molar-refractivity contribution in [3.8, 4) is 17.2 Å². The number of rotatable bonds is 2. The molecule has 0 radical (unpaired) electrons. The molecule has 2 heterocycles. The second-order valence-corrected chi connectivity index (χ2v) is 10.3. The molecule has 0 unspecified atom stereocenters. The molecule has 0 saturated carbocycles. The van der Waals surface area contributed by atoms with Gasteiger partial charge in [-0.3, -0.25) is 14.4 Å². The van der Waals surface area contributed by atoms with Gasteiger partial charge in [-0.15, -0.1) is 12.4 Å². The number of phenolic OH excluding ortho intramolecular Hbond substituents is 3. The molecule has 0 aromatic heterocycles. The summed E-state index contributed by atoms with van der Waals surface area (Å²) in [5, 5.41) is 28.0. The summed E-state index contributed by atoms with van der Waals surface area (Å²) in [5.74, 6) is -0.301. The van der Waals surface area contributed by atoms with Crippen molar-refractivity contribution in [1.29, 1.82) is 0 Å². The van der Waals surface area contributed by atoms with Crippen molar-refractivity contribution < 1.29 is 29.7 Å². The number of amides is 2. The number of anilines is 2. The largest absolute Gasteiger partial charge is 0.508 e. The zero-order valence-corrected chi connectivity index (χ0v) is 25.3. The van der Waals surface area contributed by atoms with Crippen LogP contribution in [0.5, 0.6) is 17.2 Å². The van der Waals surface area contributed by atoms with E-state index in [1.165, 1.54) is 4.90 Å². The van der Waals surface area contributed by atoms with Crippen LogP contribution in [-0.2, 0) is 15.0 Å². The molecule has 9 heteroatoms. The molecule has 2 aliphatic rings. The smallest absolute Gasteiger partial charge is 0.299 e. The topological polar surface area (TPSA) is 118 Å². The van der Waals surface area contributed by atoms with Gasteiger partial charge in [0.1, 0.15) is 22.7 Å². The van der Waals surface area contributed by atoms with Crippen LogP contribution in [0.3, 0.4) is 0 Å². The summed E-state index contributed by atoms with van der Waals surface area (Å²) in [6.07, 6.45) is 0. The molecule has 228 valence electrons. The molecule has 0 spiro atoms. The summed E-state index contributed by atoms with van der Waals surface area (Å²) in [6, 6.07) is 36.9. The molecule has 3 N–H and O–H groups in total. The fourth-order valence-electron chi connectivity index (χ4n) is 5.47. The van der Waals surface area contributed by atoms with E-state index in [0.29, 0.717) is 17.0 Å². The van der Waals surface area contributed by atoms with Gasteiger partial charge in [0.15, 0.2) is 0 Å². The number of para-hydroxylation sites is 3. The third-order valence-electron chi connectivity index (χ3n) is 7.66. The molecule has 7 rings (SSSR count). The minimum Gasteiger partial charge on any atom is -0.508 e. The van der Waals surface area contributed by atoms with Gasteiger partial charge in [0.25, 0.3) is 11.7 Å². The molecule has 2 amide bonds. The molecule has 5 aromatic carbocycles. The Labute approximate surface area is 266 Å². The lowest BCUT2D eigenvalue weighted by Gasteiger charge is -2.29. The van der Waals surface area contributed by atoms with Crippen LogP contribution in [0.25, 0.3) is 0 Å². The van der Waals surface area contributed by atoms with Crippen LogP contribution < -0.4 is 9.80 Å². The third kappa shape index (κ3) is 5.96. The van der Waals surface area contributed by atoms with E-state index in [-0.39, 0.29) is 29.8 Å². The number of nitrogens with zero attached hydrogens (tertiary/aromatic N) is 2. The lowest BCUT2D eigenvalue weighted by molar-refractivity contribution is -0.120. The number of likely N-dealkylation sites (N-methyl/N-ethyl adjacent to an activating group) is 2. The minimum absolute atomic E-state index is 0. The highest BCUT2D eigenvalue weighted by Gasteiger charge is 2.52. The lowest BCUT2D eigenvalue weighted by Crippen LogP contribution is -2.40. The van der Waals surface area contributed by atoms with Crippen molar-refractivity contribution in [3.63, 3.8) is 0 Å². The van der Waals surface area contributed by atoms with Gasteiger partial charge in [0.05, 0.1) is 11.3 Å². The Bertz CT molecular complexity index is 1780.